The number of nitriles is 1. The summed E-state index contributed by atoms with van der Waals surface area (Å²) < 4.78 is 32.0. The van der Waals surface area contributed by atoms with Crippen LogP contribution in [0, 0.1) is 29.1 Å². The molecule has 1 amide bonds. The number of hydrogen-bond donors (Lipinski definition) is 0. The Labute approximate surface area is 278 Å². The van der Waals surface area contributed by atoms with Crippen molar-refractivity contribution in [1.82, 2.24) is 14.8 Å². The van der Waals surface area contributed by atoms with Gasteiger partial charge in [0.25, 0.3) is 0 Å². The molecular formula is C37H43N5O4S. The predicted molar refractivity (Wildman–Crippen MR) is 179 cm³/mol. The summed E-state index contributed by atoms with van der Waals surface area (Å²) in [6.45, 7) is 6.32. The van der Waals surface area contributed by atoms with Gasteiger partial charge in [-0.25, -0.2) is 13.2 Å². The lowest BCUT2D eigenvalue weighted by Crippen LogP contribution is -2.54. The summed E-state index contributed by atoms with van der Waals surface area (Å²) in [5.74, 6) is 0.726. The van der Waals surface area contributed by atoms with Crippen molar-refractivity contribution in [3.05, 3.63) is 84.7 Å². The van der Waals surface area contributed by atoms with Crippen LogP contribution < -0.4 is 4.90 Å². The first-order chi connectivity index (χ1) is 22.9. The van der Waals surface area contributed by atoms with E-state index < -0.39 is 15.3 Å². The maximum absolute atomic E-state index is 12.9. The van der Waals surface area contributed by atoms with Gasteiger partial charge in [0.05, 0.1) is 21.3 Å². The minimum absolute atomic E-state index is 0.0112. The van der Waals surface area contributed by atoms with Gasteiger partial charge in [0.2, 0.25) is 9.84 Å². The number of anilines is 1. The Morgan fingerprint density at radius 1 is 0.872 bits per heavy atom. The molecule has 0 radical (unpaired) electrons. The summed E-state index contributed by atoms with van der Waals surface area (Å²) in [6, 6.07) is 23.4. The van der Waals surface area contributed by atoms with Gasteiger partial charge in [0.15, 0.2) is 0 Å². The van der Waals surface area contributed by atoms with Crippen LogP contribution in [0.25, 0.3) is 0 Å². The molecule has 1 saturated carbocycles. The lowest BCUT2D eigenvalue weighted by Gasteiger charge is -2.48. The van der Waals surface area contributed by atoms with Gasteiger partial charge >= 0.3 is 6.09 Å². The molecule has 4 fully saturated rings. The van der Waals surface area contributed by atoms with E-state index in [2.05, 4.69) is 33.0 Å². The molecule has 1 aromatic heterocycles. The van der Waals surface area contributed by atoms with E-state index in [1.165, 1.54) is 24.5 Å². The predicted octanol–water partition coefficient (Wildman–Crippen LogP) is 5.54. The van der Waals surface area contributed by atoms with Gasteiger partial charge in [-0.05, 0) is 99.5 Å². The van der Waals surface area contributed by atoms with Crippen molar-refractivity contribution < 1.29 is 17.9 Å². The highest BCUT2D eigenvalue weighted by atomic mass is 32.2. The number of pyridine rings is 1. The van der Waals surface area contributed by atoms with E-state index in [0.717, 1.165) is 95.6 Å². The second-order valence-corrected chi connectivity index (χ2v) is 15.6. The lowest BCUT2D eigenvalue weighted by atomic mass is 9.59. The highest BCUT2D eigenvalue weighted by Crippen LogP contribution is 2.51. The van der Waals surface area contributed by atoms with Crippen LogP contribution in [0.3, 0.4) is 0 Å². The molecule has 2 aromatic carbocycles. The first kappa shape index (κ1) is 31.6. The van der Waals surface area contributed by atoms with Gasteiger partial charge in [-0.1, -0.05) is 30.3 Å². The number of piperidine rings is 1. The zero-order valence-corrected chi connectivity index (χ0v) is 27.6. The molecule has 3 saturated heterocycles. The Bertz CT molecular complexity index is 1680. The molecular weight excluding hydrogens is 611 g/mol. The van der Waals surface area contributed by atoms with Gasteiger partial charge in [-0.2, -0.15) is 5.26 Å². The van der Waals surface area contributed by atoms with Crippen molar-refractivity contribution in [1.29, 1.82) is 5.26 Å². The number of ether oxygens (including phenoxy) is 1. The zero-order valence-electron chi connectivity index (χ0n) is 26.8. The smallest absolute Gasteiger partial charge is 0.410 e. The van der Waals surface area contributed by atoms with E-state index >= 15 is 0 Å². The quantitative estimate of drug-likeness (QED) is 0.297. The molecule has 4 aliphatic rings. The summed E-state index contributed by atoms with van der Waals surface area (Å²) in [4.78, 5) is 23.9. The maximum Gasteiger partial charge on any atom is 0.410 e. The van der Waals surface area contributed by atoms with E-state index in [-0.39, 0.29) is 33.8 Å². The molecule has 0 N–H and O–H groups in total. The Balaban J connectivity index is 0.968. The van der Waals surface area contributed by atoms with E-state index in [9.17, 15) is 18.5 Å². The topological polar surface area (TPSA) is 107 Å². The van der Waals surface area contributed by atoms with Crippen LogP contribution in [0.15, 0.2) is 88.9 Å². The van der Waals surface area contributed by atoms with Crippen LogP contribution in [-0.2, 0) is 20.0 Å². The monoisotopic (exact) mass is 653 g/mol. The lowest BCUT2D eigenvalue weighted by molar-refractivity contribution is 0.00520. The Morgan fingerprint density at radius 2 is 1.55 bits per heavy atom. The molecule has 3 atom stereocenters. The Hall–Kier alpha value is -3.94. The van der Waals surface area contributed by atoms with E-state index in [0.29, 0.717) is 5.92 Å². The van der Waals surface area contributed by atoms with Crippen LogP contribution in [-0.4, -0.2) is 81.2 Å². The SMILES string of the molecule is N#CC(c1ccccc1)(C1CCN(CC2CN(c3ccc(S(=O)(=O)c4ccncc4)cc3)C2)CC1)C1CCCC1OC(=O)N1CCC1. The Kier molecular flexibility index (Phi) is 8.95. The second kappa shape index (κ2) is 13.3. The number of aromatic nitrogens is 1. The minimum Gasteiger partial charge on any atom is -0.446 e. The first-order valence-corrected chi connectivity index (χ1v) is 18.5. The standard InChI is InChI=1S/C37H43N5O4S/c38-27-37(29-6-2-1-3-7-29,34-8-4-9-35(34)46-36(43)41-20-5-21-41)30-16-22-40(23-17-30)24-28-25-42(26-28)31-10-12-32(13-11-31)47(44,45)33-14-18-39-19-15-33/h1-3,6-7,10-15,18-19,28,30,34-35H,4-5,8-9,16-17,20-26H2. The summed E-state index contributed by atoms with van der Waals surface area (Å²) in [7, 11) is -3.56. The van der Waals surface area contributed by atoms with Gasteiger partial charge in [-0.3, -0.25) is 4.98 Å². The second-order valence-electron chi connectivity index (χ2n) is 13.7. The highest BCUT2D eigenvalue weighted by molar-refractivity contribution is 7.91. The highest BCUT2D eigenvalue weighted by Gasteiger charge is 2.53. The van der Waals surface area contributed by atoms with Crippen LogP contribution in [0.5, 0.6) is 0 Å². The number of rotatable bonds is 9. The largest absolute Gasteiger partial charge is 0.446 e. The Morgan fingerprint density at radius 3 is 2.19 bits per heavy atom. The van der Waals surface area contributed by atoms with Gasteiger partial charge < -0.3 is 19.4 Å². The fourth-order valence-corrected chi connectivity index (χ4v) is 9.56. The normalized spacial score (nSPS) is 23.7. The molecule has 7 rings (SSSR count). The number of nitrogens with zero attached hydrogens (tertiary/aromatic N) is 5. The van der Waals surface area contributed by atoms with E-state index in [4.69, 9.17) is 4.74 Å². The van der Waals surface area contributed by atoms with E-state index in [1.807, 2.05) is 30.3 Å². The fraction of sp³-hybridized carbons (Fsp3) is 0.486. The third kappa shape index (κ3) is 6.12. The van der Waals surface area contributed by atoms with Gasteiger partial charge in [-0.15, -0.1) is 0 Å². The number of benzene rings is 2. The van der Waals surface area contributed by atoms with Crippen molar-refractivity contribution in [3.8, 4) is 6.07 Å². The molecule has 47 heavy (non-hydrogen) atoms. The molecule has 3 aliphatic heterocycles. The summed E-state index contributed by atoms with van der Waals surface area (Å²) >= 11 is 0. The number of sulfone groups is 1. The van der Waals surface area contributed by atoms with Crippen molar-refractivity contribution in [3.63, 3.8) is 0 Å². The average molecular weight is 654 g/mol. The van der Waals surface area contributed by atoms with Crippen LogP contribution in [0.2, 0.25) is 0 Å². The molecule has 4 heterocycles. The average Bonchev–Trinajstić information content (AvgIpc) is 3.52. The third-order valence-electron chi connectivity index (χ3n) is 11.0. The van der Waals surface area contributed by atoms with Crippen molar-refractivity contribution >= 4 is 21.6 Å². The number of carbonyl (C=O) groups excluding carboxylic acids is 1. The first-order valence-electron chi connectivity index (χ1n) is 17.0. The van der Waals surface area contributed by atoms with Crippen LogP contribution >= 0.6 is 0 Å². The summed E-state index contributed by atoms with van der Waals surface area (Å²) in [5, 5.41) is 11.0. The van der Waals surface area contributed by atoms with Crippen LogP contribution in [0.1, 0.15) is 44.1 Å². The maximum atomic E-state index is 12.9. The third-order valence-corrected chi connectivity index (χ3v) is 12.8. The molecule has 0 bridgehead atoms. The molecule has 246 valence electrons. The van der Waals surface area contributed by atoms with Crippen LogP contribution in [0.4, 0.5) is 10.5 Å². The van der Waals surface area contributed by atoms with Crippen molar-refractivity contribution in [2.75, 3.05) is 50.7 Å². The number of amides is 1. The molecule has 3 aromatic rings. The minimum atomic E-state index is -3.56. The molecule has 3 unspecified atom stereocenters. The number of likely N-dealkylation sites (tertiary alicyclic amines) is 2. The molecule has 0 spiro atoms. The fourth-order valence-electron chi connectivity index (χ4n) is 8.32. The molecule has 1 aliphatic carbocycles. The van der Waals surface area contributed by atoms with Crippen molar-refractivity contribution in [2.24, 2.45) is 17.8 Å². The van der Waals surface area contributed by atoms with Crippen molar-refractivity contribution in [2.45, 2.75) is 59.8 Å². The number of carbonyl (C=O) groups is 1. The van der Waals surface area contributed by atoms with Gasteiger partial charge in [0.1, 0.15) is 6.10 Å². The molecule has 9 nitrogen and oxygen atoms in total. The molecule has 10 heteroatoms. The summed E-state index contributed by atoms with van der Waals surface area (Å²) in [6.07, 6.45) is 8.13. The zero-order chi connectivity index (χ0) is 32.4. The van der Waals surface area contributed by atoms with Gasteiger partial charge in [0, 0.05) is 62.6 Å². The summed E-state index contributed by atoms with van der Waals surface area (Å²) in [5.41, 5.74) is 1.41. The number of hydrogen-bond acceptors (Lipinski definition) is 8. The van der Waals surface area contributed by atoms with E-state index in [1.54, 1.807) is 17.0 Å².